The van der Waals surface area contributed by atoms with E-state index in [-0.39, 0.29) is 12.0 Å². The molecule has 4 rings (SSSR count). The van der Waals surface area contributed by atoms with Crippen molar-refractivity contribution < 1.29 is 9.90 Å². The second-order valence-corrected chi connectivity index (χ2v) is 8.98. The maximum absolute atomic E-state index is 12.5. The van der Waals surface area contributed by atoms with Crippen LogP contribution in [0.1, 0.15) is 35.2 Å². The van der Waals surface area contributed by atoms with Gasteiger partial charge in [0.25, 0.3) is 5.91 Å². The lowest BCUT2D eigenvalue weighted by Crippen LogP contribution is -2.50. The molecule has 0 saturated carbocycles. The normalized spacial score (nSPS) is 19.0. The number of nitrogens with zero attached hydrogens (tertiary/aromatic N) is 4. The molecular weight excluding hydrogens is 402 g/mol. The van der Waals surface area contributed by atoms with Crippen LogP contribution in [0.25, 0.3) is 0 Å². The molecular formula is C25H35N5O2. The Hall–Kier alpha value is -2.48. The molecule has 2 saturated heterocycles. The molecule has 0 aliphatic carbocycles. The molecule has 7 nitrogen and oxygen atoms in total. The Bertz CT molecular complexity index is 874. The molecule has 1 amide bonds. The largest absolute Gasteiger partial charge is 0.390 e. The summed E-state index contributed by atoms with van der Waals surface area (Å²) in [5.74, 6) is 0.807. The van der Waals surface area contributed by atoms with E-state index in [0.29, 0.717) is 11.3 Å². The molecule has 2 N–H and O–H groups in total. The Morgan fingerprint density at radius 2 is 1.66 bits per heavy atom. The molecule has 1 atom stereocenters. The molecule has 3 heterocycles. The van der Waals surface area contributed by atoms with Crippen molar-refractivity contribution in [3.8, 4) is 0 Å². The van der Waals surface area contributed by atoms with Crippen LogP contribution < -0.4 is 10.2 Å². The van der Waals surface area contributed by atoms with Gasteiger partial charge < -0.3 is 20.2 Å². The first-order valence-corrected chi connectivity index (χ1v) is 11.8. The fourth-order valence-corrected chi connectivity index (χ4v) is 4.63. The summed E-state index contributed by atoms with van der Waals surface area (Å²) in [5, 5.41) is 13.4. The smallest absolute Gasteiger partial charge is 0.255 e. The van der Waals surface area contributed by atoms with Gasteiger partial charge in [-0.05, 0) is 56.6 Å². The number of aliphatic hydroxyl groups excluding tert-OH is 1. The van der Waals surface area contributed by atoms with Crippen LogP contribution in [0.2, 0.25) is 0 Å². The summed E-state index contributed by atoms with van der Waals surface area (Å²) in [6.45, 7) is 9.32. The van der Waals surface area contributed by atoms with Crippen molar-refractivity contribution in [2.75, 3.05) is 62.6 Å². The SMILES string of the molecule is Cc1ccccc1C(=O)Nc1ccc(N2CCN(CC(O)CN3CCCCC3)CC2)nc1. The highest BCUT2D eigenvalue weighted by Crippen LogP contribution is 2.18. The van der Waals surface area contributed by atoms with E-state index >= 15 is 0 Å². The van der Waals surface area contributed by atoms with Gasteiger partial charge in [0.1, 0.15) is 5.82 Å². The van der Waals surface area contributed by atoms with Crippen molar-refractivity contribution in [3.63, 3.8) is 0 Å². The highest BCUT2D eigenvalue weighted by Gasteiger charge is 2.22. The second kappa shape index (κ2) is 10.9. The highest BCUT2D eigenvalue weighted by atomic mass is 16.3. The Morgan fingerprint density at radius 1 is 0.969 bits per heavy atom. The molecule has 2 aliphatic heterocycles. The van der Waals surface area contributed by atoms with Crippen molar-refractivity contribution in [1.29, 1.82) is 0 Å². The van der Waals surface area contributed by atoms with Crippen molar-refractivity contribution in [2.45, 2.75) is 32.3 Å². The predicted octanol–water partition coefficient (Wildman–Crippen LogP) is 2.61. The lowest BCUT2D eigenvalue weighted by atomic mass is 10.1. The zero-order valence-corrected chi connectivity index (χ0v) is 19.0. The molecule has 2 aliphatic rings. The van der Waals surface area contributed by atoms with E-state index < -0.39 is 0 Å². The number of carbonyl (C=O) groups is 1. The Labute approximate surface area is 191 Å². The van der Waals surface area contributed by atoms with Crippen molar-refractivity contribution >= 4 is 17.4 Å². The molecule has 2 fully saturated rings. The van der Waals surface area contributed by atoms with Crippen LogP contribution in [-0.4, -0.2) is 84.3 Å². The minimum atomic E-state index is -0.283. The maximum atomic E-state index is 12.5. The number of aromatic nitrogens is 1. The van der Waals surface area contributed by atoms with Gasteiger partial charge in [0, 0.05) is 44.8 Å². The van der Waals surface area contributed by atoms with Crippen LogP contribution in [0.4, 0.5) is 11.5 Å². The third-order valence-electron chi connectivity index (χ3n) is 6.48. The number of piperazine rings is 1. The van der Waals surface area contributed by atoms with Gasteiger partial charge in [-0.15, -0.1) is 0 Å². The van der Waals surface area contributed by atoms with E-state index in [1.165, 1.54) is 19.3 Å². The van der Waals surface area contributed by atoms with Gasteiger partial charge in [-0.25, -0.2) is 4.98 Å². The fourth-order valence-electron chi connectivity index (χ4n) is 4.63. The molecule has 0 spiro atoms. The second-order valence-electron chi connectivity index (χ2n) is 8.98. The summed E-state index contributed by atoms with van der Waals surface area (Å²) >= 11 is 0. The number of likely N-dealkylation sites (tertiary alicyclic amines) is 1. The average Bonchev–Trinajstić information content (AvgIpc) is 2.81. The van der Waals surface area contributed by atoms with E-state index in [4.69, 9.17) is 0 Å². The summed E-state index contributed by atoms with van der Waals surface area (Å²) in [5.41, 5.74) is 2.32. The molecule has 32 heavy (non-hydrogen) atoms. The lowest BCUT2D eigenvalue weighted by molar-refractivity contribution is 0.0651. The molecule has 2 aromatic rings. The Morgan fingerprint density at radius 3 is 2.31 bits per heavy atom. The monoisotopic (exact) mass is 437 g/mol. The number of aliphatic hydroxyl groups is 1. The number of aryl methyl sites for hydroxylation is 1. The van der Waals surface area contributed by atoms with E-state index in [9.17, 15) is 9.90 Å². The number of benzene rings is 1. The van der Waals surface area contributed by atoms with Gasteiger partial charge in [0.05, 0.1) is 18.0 Å². The number of nitrogens with one attached hydrogen (secondary N) is 1. The van der Waals surface area contributed by atoms with Crippen LogP contribution in [0.5, 0.6) is 0 Å². The van der Waals surface area contributed by atoms with Crippen LogP contribution in [0, 0.1) is 6.92 Å². The number of hydrogen-bond donors (Lipinski definition) is 2. The van der Waals surface area contributed by atoms with Gasteiger partial charge in [0.15, 0.2) is 0 Å². The topological polar surface area (TPSA) is 71.9 Å². The first-order chi connectivity index (χ1) is 15.6. The first kappa shape index (κ1) is 22.7. The van der Waals surface area contributed by atoms with Gasteiger partial charge >= 0.3 is 0 Å². The molecule has 0 radical (unpaired) electrons. The van der Waals surface area contributed by atoms with Gasteiger partial charge in [0.2, 0.25) is 0 Å². The van der Waals surface area contributed by atoms with Crippen LogP contribution in [-0.2, 0) is 0 Å². The molecule has 172 valence electrons. The lowest BCUT2D eigenvalue weighted by Gasteiger charge is -2.37. The number of β-amino-alcohol motifs (C(OH)–C–C–N with tert-alkyl or cyclic N) is 1. The number of amides is 1. The van der Waals surface area contributed by atoms with Crippen LogP contribution in [0.15, 0.2) is 42.6 Å². The Kier molecular flexibility index (Phi) is 7.73. The third-order valence-corrected chi connectivity index (χ3v) is 6.48. The van der Waals surface area contributed by atoms with E-state index in [1.54, 1.807) is 6.20 Å². The molecule has 1 unspecified atom stereocenters. The van der Waals surface area contributed by atoms with Crippen molar-refractivity contribution in [1.82, 2.24) is 14.8 Å². The van der Waals surface area contributed by atoms with Gasteiger partial charge in [-0.3, -0.25) is 9.69 Å². The van der Waals surface area contributed by atoms with E-state index in [0.717, 1.165) is 63.7 Å². The molecule has 1 aromatic heterocycles. The summed E-state index contributed by atoms with van der Waals surface area (Å²) in [6, 6.07) is 11.4. The van der Waals surface area contributed by atoms with Gasteiger partial charge in [-0.2, -0.15) is 0 Å². The summed E-state index contributed by atoms with van der Waals surface area (Å²) < 4.78 is 0. The first-order valence-electron chi connectivity index (χ1n) is 11.8. The quantitative estimate of drug-likeness (QED) is 0.694. The predicted molar refractivity (Wildman–Crippen MR) is 128 cm³/mol. The fraction of sp³-hybridized carbons (Fsp3) is 0.520. The molecule has 7 heteroatoms. The summed E-state index contributed by atoms with van der Waals surface area (Å²) in [6.07, 6.45) is 5.27. The number of rotatable bonds is 7. The number of carbonyl (C=O) groups excluding carboxylic acids is 1. The van der Waals surface area contributed by atoms with Crippen LogP contribution in [0.3, 0.4) is 0 Å². The molecule has 0 bridgehead atoms. The Balaban J connectivity index is 1.23. The minimum absolute atomic E-state index is 0.116. The highest BCUT2D eigenvalue weighted by molar-refractivity contribution is 6.05. The van der Waals surface area contributed by atoms with E-state index in [1.807, 2.05) is 43.3 Å². The average molecular weight is 438 g/mol. The molecule has 1 aromatic carbocycles. The van der Waals surface area contributed by atoms with Crippen LogP contribution >= 0.6 is 0 Å². The zero-order chi connectivity index (χ0) is 22.3. The maximum Gasteiger partial charge on any atom is 0.255 e. The number of anilines is 2. The van der Waals surface area contributed by atoms with Crippen molar-refractivity contribution in [2.24, 2.45) is 0 Å². The third kappa shape index (κ3) is 6.06. The number of hydrogen-bond acceptors (Lipinski definition) is 6. The standard InChI is InChI=1S/C25H35N5O2/c1-20-7-3-4-8-23(20)25(32)27-21-9-10-24(26-17-21)30-15-13-29(14-16-30)19-22(31)18-28-11-5-2-6-12-28/h3-4,7-10,17,22,31H,2,5-6,11-16,18-19H2,1H3,(H,27,32). The number of pyridine rings is 1. The van der Waals surface area contributed by atoms with Gasteiger partial charge in [-0.1, -0.05) is 24.6 Å². The minimum Gasteiger partial charge on any atom is -0.390 e. The summed E-state index contributed by atoms with van der Waals surface area (Å²) in [7, 11) is 0. The van der Waals surface area contributed by atoms with E-state index in [2.05, 4.69) is 25.0 Å². The number of piperidine rings is 1. The zero-order valence-electron chi connectivity index (χ0n) is 19.0. The summed E-state index contributed by atoms with van der Waals surface area (Å²) in [4.78, 5) is 24.1. The van der Waals surface area contributed by atoms with Crippen molar-refractivity contribution in [3.05, 3.63) is 53.7 Å².